The van der Waals surface area contributed by atoms with Gasteiger partial charge in [-0.1, -0.05) is 54.1 Å². The number of likely N-dealkylation sites (N-methyl/N-ethyl adjacent to an activating group) is 1. The second-order valence-electron chi connectivity index (χ2n) is 9.74. The molecule has 0 radical (unpaired) electrons. The number of benzene rings is 2. The number of hydrogen-bond acceptors (Lipinski definition) is 5. The van der Waals surface area contributed by atoms with Crippen molar-refractivity contribution < 1.29 is 23.5 Å². The van der Waals surface area contributed by atoms with Crippen LogP contribution in [0.25, 0.3) is 0 Å². The number of pyridine rings is 1. The second-order valence-corrected chi connectivity index (χ2v) is 10.1. The molecule has 1 aliphatic heterocycles. The zero-order chi connectivity index (χ0) is 27.0. The van der Waals surface area contributed by atoms with E-state index in [0.717, 1.165) is 5.56 Å². The van der Waals surface area contributed by atoms with Crippen molar-refractivity contribution in [3.8, 4) is 5.75 Å². The van der Waals surface area contributed by atoms with Gasteiger partial charge in [0.1, 0.15) is 18.0 Å². The van der Waals surface area contributed by atoms with E-state index in [1.807, 2.05) is 30.3 Å². The number of rotatable bonds is 7. The molecule has 1 spiro atoms. The highest BCUT2D eigenvalue weighted by molar-refractivity contribution is 6.30. The van der Waals surface area contributed by atoms with Crippen LogP contribution in [0.15, 0.2) is 59.5 Å². The van der Waals surface area contributed by atoms with Gasteiger partial charge in [-0.25, -0.2) is 4.39 Å². The van der Waals surface area contributed by atoms with Gasteiger partial charge in [0.2, 0.25) is 5.43 Å². The highest BCUT2D eigenvalue weighted by atomic mass is 35.5. The Labute approximate surface area is 223 Å². The lowest BCUT2D eigenvalue weighted by Crippen LogP contribution is -2.61. The molecule has 2 amide bonds. The first-order valence-electron chi connectivity index (χ1n) is 12.2. The molecule has 0 bridgehead atoms. The Morgan fingerprint density at radius 1 is 1.16 bits per heavy atom. The van der Waals surface area contributed by atoms with Gasteiger partial charge in [-0.3, -0.25) is 14.4 Å². The van der Waals surface area contributed by atoms with Crippen LogP contribution in [0.4, 0.5) is 4.39 Å². The Kier molecular flexibility index (Phi) is 6.98. The van der Waals surface area contributed by atoms with Gasteiger partial charge in [0.15, 0.2) is 11.4 Å². The Hall–Kier alpha value is -3.69. The molecule has 198 valence electrons. The summed E-state index contributed by atoms with van der Waals surface area (Å²) in [5.74, 6) is -1.91. The highest BCUT2D eigenvalue weighted by Crippen LogP contribution is 2.45. The predicted octanol–water partition coefficient (Wildman–Crippen LogP) is 3.74. The summed E-state index contributed by atoms with van der Waals surface area (Å²) in [5.41, 5.74) is -0.377. The van der Waals surface area contributed by atoms with Crippen LogP contribution in [-0.4, -0.2) is 48.1 Å². The van der Waals surface area contributed by atoms with Crippen LogP contribution in [0.2, 0.25) is 5.02 Å². The number of aromatic nitrogens is 1. The molecule has 1 fully saturated rings. The number of carbonyl (C=O) groups is 2. The maximum absolute atomic E-state index is 14.4. The molecule has 0 atom stereocenters. The zero-order valence-electron chi connectivity index (χ0n) is 21.0. The van der Waals surface area contributed by atoms with Crippen LogP contribution in [0.3, 0.4) is 0 Å². The monoisotopic (exact) mass is 539 g/mol. The SMILES string of the molecule is COC1CC2(C1)CN(C)C(=O)c1c(OCc3ccccc3)c(=O)c(C(=O)NCc3cccc(Cl)c3F)cn12. The minimum absolute atomic E-state index is 0.0133. The van der Waals surface area contributed by atoms with E-state index in [1.165, 1.54) is 18.3 Å². The van der Waals surface area contributed by atoms with Gasteiger partial charge < -0.3 is 24.3 Å². The topological polar surface area (TPSA) is 89.9 Å². The van der Waals surface area contributed by atoms with Gasteiger partial charge in [-0.2, -0.15) is 0 Å². The van der Waals surface area contributed by atoms with Gasteiger partial charge in [0.05, 0.1) is 16.7 Å². The van der Waals surface area contributed by atoms with E-state index in [4.69, 9.17) is 21.1 Å². The molecule has 1 saturated carbocycles. The van der Waals surface area contributed by atoms with Gasteiger partial charge in [0.25, 0.3) is 11.8 Å². The van der Waals surface area contributed by atoms with Crippen LogP contribution >= 0.6 is 11.6 Å². The summed E-state index contributed by atoms with van der Waals surface area (Å²) < 4.78 is 27.6. The summed E-state index contributed by atoms with van der Waals surface area (Å²) in [5, 5.41) is 2.54. The first kappa shape index (κ1) is 25.9. The van der Waals surface area contributed by atoms with Crippen LogP contribution in [0.5, 0.6) is 5.75 Å². The van der Waals surface area contributed by atoms with Gasteiger partial charge in [0, 0.05) is 39.0 Å². The number of nitrogens with one attached hydrogen (secondary N) is 1. The first-order chi connectivity index (χ1) is 18.2. The molecule has 2 aliphatic rings. The van der Waals surface area contributed by atoms with Crippen LogP contribution < -0.4 is 15.5 Å². The summed E-state index contributed by atoms with van der Waals surface area (Å²) in [7, 11) is 3.31. The van der Waals surface area contributed by atoms with Crippen LogP contribution in [-0.2, 0) is 23.4 Å². The quantitative estimate of drug-likeness (QED) is 0.494. The third kappa shape index (κ3) is 4.56. The molecule has 5 rings (SSSR count). The van der Waals surface area contributed by atoms with Crippen molar-refractivity contribution in [2.45, 2.75) is 37.6 Å². The molecule has 1 N–H and O–H groups in total. The van der Waals surface area contributed by atoms with Gasteiger partial charge in [-0.05, 0) is 24.5 Å². The number of carbonyl (C=O) groups excluding carboxylic acids is 2. The highest BCUT2D eigenvalue weighted by Gasteiger charge is 2.52. The van der Waals surface area contributed by atoms with Crippen molar-refractivity contribution in [3.63, 3.8) is 0 Å². The van der Waals surface area contributed by atoms with Crippen LogP contribution in [0, 0.1) is 5.82 Å². The van der Waals surface area contributed by atoms with E-state index in [-0.39, 0.29) is 52.8 Å². The van der Waals surface area contributed by atoms with Gasteiger partial charge >= 0.3 is 0 Å². The smallest absolute Gasteiger partial charge is 0.274 e. The van der Waals surface area contributed by atoms with E-state index in [0.29, 0.717) is 19.4 Å². The number of halogens is 2. The lowest BCUT2D eigenvalue weighted by atomic mass is 9.72. The minimum Gasteiger partial charge on any atom is -0.483 e. The molecule has 3 aromatic rings. The Morgan fingerprint density at radius 3 is 2.61 bits per heavy atom. The summed E-state index contributed by atoms with van der Waals surface area (Å²) in [6.07, 6.45) is 2.61. The molecule has 0 unspecified atom stereocenters. The molecule has 1 aromatic heterocycles. The summed E-state index contributed by atoms with van der Waals surface area (Å²) in [4.78, 5) is 41.8. The normalized spacial score (nSPS) is 20.2. The number of amides is 2. The van der Waals surface area contributed by atoms with E-state index in [9.17, 15) is 18.8 Å². The molecule has 0 saturated heterocycles. The third-order valence-corrected chi connectivity index (χ3v) is 7.54. The number of ether oxygens (including phenoxy) is 2. The molecular weight excluding hydrogens is 513 g/mol. The Balaban J connectivity index is 1.56. The van der Waals surface area contributed by atoms with Crippen molar-refractivity contribution in [2.75, 3.05) is 20.7 Å². The average Bonchev–Trinajstić information content (AvgIpc) is 2.89. The number of nitrogens with zero attached hydrogens (tertiary/aromatic N) is 2. The summed E-state index contributed by atoms with van der Waals surface area (Å²) >= 11 is 5.86. The Bertz CT molecular complexity index is 1450. The van der Waals surface area contributed by atoms with E-state index in [1.54, 1.807) is 29.7 Å². The molecule has 10 heteroatoms. The third-order valence-electron chi connectivity index (χ3n) is 7.25. The Morgan fingerprint density at radius 2 is 1.89 bits per heavy atom. The summed E-state index contributed by atoms with van der Waals surface area (Å²) in [6, 6.07) is 13.7. The fourth-order valence-electron chi connectivity index (χ4n) is 5.20. The predicted molar refractivity (Wildman–Crippen MR) is 139 cm³/mol. The largest absolute Gasteiger partial charge is 0.483 e. The van der Waals surface area contributed by atoms with Crippen molar-refractivity contribution in [2.24, 2.45) is 0 Å². The van der Waals surface area contributed by atoms with Crippen LogP contribution in [0.1, 0.15) is 44.8 Å². The number of methoxy groups -OCH3 is 1. The van der Waals surface area contributed by atoms with E-state index in [2.05, 4.69) is 5.32 Å². The fourth-order valence-corrected chi connectivity index (χ4v) is 5.39. The van der Waals surface area contributed by atoms with Crippen molar-refractivity contribution in [3.05, 3.63) is 98.2 Å². The standard InChI is InChI=1S/C28H27ClFN3O5/c1-32-16-28(11-19(12-28)37-2)33-14-20(26(35)31-13-18-9-6-10-21(29)22(18)30)24(34)25(23(33)27(32)36)38-15-17-7-4-3-5-8-17/h3-10,14,19H,11-13,15-16H2,1-2H3,(H,31,35). The van der Waals surface area contributed by atoms with Crippen molar-refractivity contribution in [1.29, 1.82) is 0 Å². The minimum atomic E-state index is -0.710. The van der Waals surface area contributed by atoms with Crippen molar-refractivity contribution >= 4 is 23.4 Å². The fraction of sp³-hybridized carbons (Fsp3) is 0.321. The molecule has 2 heterocycles. The molecule has 1 aliphatic carbocycles. The average molecular weight is 540 g/mol. The van der Waals surface area contributed by atoms with Crippen molar-refractivity contribution in [1.82, 2.24) is 14.8 Å². The van der Waals surface area contributed by atoms with E-state index < -0.39 is 22.7 Å². The zero-order valence-corrected chi connectivity index (χ0v) is 21.8. The maximum Gasteiger partial charge on any atom is 0.274 e. The lowest BCUT2D eigenvalue weighted by molar-refractivity contribution is -0.0674. The van der Waals surface area contributed by atoms with Gasteiger partial charge in [-0.15, -0.1) is 0 Å². The molecule has 2 aromatic carbocycles. The van der Waals surface area contributed by atoms with E-state index >= 15 is 0 Å². The maximum atomic E-state index is 14.4. The molecule has 38 heavy (non-hydrogen) atoms. The molecular formula is C28H27ClFN3O5. The molecule has 8 nitrogen and oxygen atoms in total. The number of hydrogen-bond donors (Lipinski definition) is 1. The second kappa shape index (κ2) is 10.2. The summed E-state index contributed by atoms with van der Waals surface area (Å²) in [6.45, 7) is 0.256. The lowest BCUT2D eigenvalue weighted by Gasteiger charge is -2.53. The number of fused-ring (bicyclic) bond motifs is 2. The first-order valence-corrected chi connectivity index (χ1v) is 12.6.